The van der Waals surface area contributed by atoms with Gasteiger partial charge in [-0.2, -0.15) is 5.26 Å². The Labute approximate surface area is 151 Å². The number of benzene rings is 1. The first-order chi connectivity index (χ1) is 12.8. The number of pyridine rings is 1. The quantitative estimate of drug-likeness (QED) is 0.599. The van der Waals surface area contributed by atoms with Crippen LogP contribution in [0.2, 0.25) is 0 Å². The molecule has 0 spiro atoms. The molecule has 26 heavy (non-hydrogen) atoms. The number of nitriles is 1. The third-order valence-corrected chi connectivity index (χ3v) is 3.67. The average molecular weight is 345 g/mol. The summed E-state index contributed by atoms with van der Waals surface area (Å²) in [5.74, 6) is 0.668. The number of anilines is 1. The maximum absolute atomic E-state index is 9.25. The molecule has 1 aromatic carbocycles. The highest BCUT2D eigenvalue weighted by Gasteiger charge is 2.17. The highest BCUT2D eigenvalue weighted by molar-refractivity contribution is 5.71. The number of hydrogen-bond acceptors (Lipinski definition) is 8. The van der Waals surface area contributed by atoms with E-state index in [0.29, 0.717) is 22.7 Å². The fourth-order valence-electron chi connectivity index (χ4n) is 2.41. The van der Waals surface area contributed by atoms with Crippen molar-refractivity contribution in [3.63, 3.8) is 0 Å². The molecule has 0 atom stereocenters. The highest BCUT2D eigenvalue weighted by Crippen LogP contribution is 2.28. The number of nitrogens with zero attached hydrogens (tertiary/aromatic N) is 6. The predicted molar refractivity (Wildman–Crippen MR) is 97.3 cm³/mol. The van der Waals surface area contributed by atoms with Crippen LogP contribution in [-0.2, 0) is 0 Å². The van der Waals surface area contributed by atoms with Crippen LogP contribution in [0, 0.1) is 11.3 Å². The van der Waals surface area contributed by atoms with Gasteiger partial charge >= 0.3 is 0 Å². The molecular weight excluding hydrogens is 330 g/mol. The molecule has 0 saturated heterocycles. The van der Waals surface area contributed by atoms with Crippen LogP contribution in [-0.4, -0.2) is 25.1 Å². The molecule has 2 N–H and O–H groups in total. The molecule has 0 fully saturated rings. The lowest BCUT2D eigenvalue weighted by molar-refractivity contribution is 0.582. The van der Waals surface area contributed by atoms with Crippen molar-refractivity contribution in [1.82, 2.24) is 25.1 Å². The van der Waals surface area contributed by atoms with Crippen LogP contribution in [0.3, 0.4) is 0 Å². The van der Waals surface area contributed by atoms with Crippen molar-refractivity contribution in [1.29, 1.82) is 5.26 Å². The summed E-state index contributed by atoms with van der Waals surface area (Å²) < 4.78 is 5.70. The summed E-state index contributed by atoms with van der Waals surface area (Å²) in [5.41, 5.74) is 8.43. The minimum Gasteiger partial charge on any atom is -0.414 e. The number of aromatic nitrogens is 5. The molecule has 0 aliphatic heterocycles. The zero-order valence-electron chi connectivity index (χ0n) is 13.4. The first-order valence-electron chi connectivity index (χ1n) is 7.62. The second-order valence-electron chi connectivity index (χ2n) is 5.30. The molecule has 8 nitrogen and oxygen atoms in total. The first-order valence-corrected chi connectivity index (χ1v) is 7.62. The van der Waals surface area contributed by atoms with E-state index < -0.39 is 0 Å². The Kier molecular flexibility index (Phi) is 3.80. The van der Waals surface area contributed by atoms with Crippen molar-refractivity contribution in [2.45, 2.75) is 0 Å². The van der Waals surface area contributed by atoms with Gasteiger partial charge in [0.1, 0.15) is 6.07 Å². The van der Waals surface area contributed by atoms with Crippen molar-refractivity contribution < 1.29 is 7.27 Å². The third-order valence-electron chi connectivity index (χ3n) is 3.67. The Balaban J connectivity index is 0.00000140. The van der Waals surface area contributed by atoms with Crippen LogP contribution in [0.5, 0.6) is 0 Å². The summed E-state index contributed by atoms with van der Waals surface area (Å²) in [4.78, 5) is 12.6. The molecule has 0 radical (unpaired) electrons. The van der Waals surface area contributed by atoms with Crippen LogP contribution in [0.25, 0.3) is 34.3 Å². The summed E-state index contributed by atoms with van der Waals surface area (Å²) in [5, 5.41) is 17.3. The van der Waals surface area contributed by atoms with E-state index in [4.69, 9.17) is 10.2 Å². The van der Waals surface area contributed by atoms with E-state index in [9.17, 15) is 5.26 Å². The number of hydrogen-bond donors (Lipinski definition) is 1. The molecule has 0 aliphatic carbocycles. The zero-order valence-corrected chi connectivity index (χ0v) is 13.4. The van der Waals surface area contributed by atoms with Gasteiger partial charge in [0.2, 0.25) is 5.89 Å². The van der Waals surface area contributed by atoms with Crippen LogP contribution in [0.4, 0.5) is 5.82 Å². The Morgan fingerprint density at radius 1 is 1.04 bits per heavy atom. The van der Waals surface area contributed by atoms with Gasteiger partial charge in [0.25, 0.3) is 5.89 Å². The summed E-state index contributed by atoms with van der Waals surface area (Å²) in [7, 11) is 0. The smallest absolute Gasteiger partial charge is 0.270 e. The number of nitrogen functional groups attached to an aromatic ring is 1. The molecule has 4 rings (SSSR count). The standard InChI is InChI=1S/C18H11N7O.2H2/c19-8-12-9-21-7-6-13(12)14-10-22-16(20)15(23-14)18-25-24-17(26-18)11-4-2-1-3-5-11;;/h1-7,9-10H,(H2,20,22);2*1H. The fraction of sp³-hybridized carbons (Fsp3) is 0. The molecule has 8 heteroatoms. The largest absolute Gasteiger partial charge is 0.414 e. The van der Waals surface area contributed by atoms with Gasteiger partial charge in [0, 0.05) is 26.4 Å². The lowest BCUT2D eigenvalue weighted by Crippen LogP contribution is -2.00. The predicted octanol–water partition coefficient (Wildman–Crippen LogP) is 3.20. The van der Waals surface area contributed by atoms with Gasteiger partial charge in [-0.3, -0.25) is 4.98 Å². The van der Waals surface area contributed by atoms with Crippen molar-refractivity contribution in [2.24, 2.45) is 0 Å². The van der Waals surface area contributed by atoms with Crippen LogP contribution < -0.4 is 5.73 Å². The van der Waals surface area contributed by atoms with Crippen molar-refractivity contribution in [3.8, 4) is 40.4 Å². The Hall–Kier alpha value is -4.12. The van der Waals surface area contributed by atoms with E-state index in [0.717, 1.165) is 5.56 Å². The highest BCUT2D eigenvalue weighted by atomic mass is 16.4. The summed E-state index contributed by atoms with van der Waals surface area (Å²) in [6.07, 6.45) is 4.53. The Bertz CT molecular complexity index is 1130. The number of nitrogens with two attached hydrogens (primary N) is 1. The van der Waals surface area contributed by atoms with Crippen LogP contribution in [0.15, 0.2) is 59.4 Å². The molecular formula is C18H15N7O. The van der Waals surface area contributed by atoms with Crippen LogP contribution >= 0.6 is 0 Å². The van der Waals surface area contributed by atoms with Crippen molar-refractivity contribution in [3.05, 3.63) is 60.6 Å². The van der Waals surface area contributed by atoms with E-state index in [1.807, 2.05) is 30.3 Å². The van der Waals surface area contributed by atoms with E-state index in [1.54, 1.807) is 12.3 Å². The lowest BCUT2D eigenvalue weighted by Gasteiger charge is -2.05. The SMILES string of the molecule is N#Cc1cnccc1-c1cnc(N)c(-c2nnc(-c3ccccc3)o2)n1.[HH].[HH]. The lowest BCUT2D eigenvalue weighted by atomic mass is 10.1. The van der Waals surface area contributed by atoms with Crippen molar-refractivity contribution in [2.75, 3.05) is 5.73 Å². The molecule has 0 bridgehead atoms. The van der Waals surface area contributed by atoms with Gasteiger partial charge < -0.3 is 10.2 Å². The molecule has 0 unspecified atom stereocenters. The molecule has 0 amide bonds. The van der Waals surface area contributed by atoms with Gasteiger partial charge in [0.15, 0.2) is 11.5 Å². The minimum atomic E-state index is 0. The minimum absolute atomic E-state index is 0. The molecule has 128 valence electrons. The van der Waals surface area contributed by atoms with E-state index in [2.05, 4.69) is 31.2 Å². The maximum atomic E-state index is 9.25. The summed E-state index contributed by atoms with van der Waals surface area (Å²) in [6, 6.07) is 13.1. The van der Waals surface area contributed by atoms with E-state index in [1.165, 1.54) is 12.4 Å². The second kappa shape index (κ2) is 6.41. The molecule has 0 aliphatic rings. The van der Waals surface area contributed by atoms with E-state index >= 15 is 0 Å². The normalized spacial score (nSPS) is 10.4. The summed E-state index contributed by atoms with van der Waals surface area (Å²) in [6.45, 7) is 0. The Morgan fingerprint density at radius 2 is 1.85 bits per heavy atom. The monoisotopic (exact) mass is 345 g/mol. The fourth-order valence-corrected chi connectivity index (χ4v) is 2.41. The van der Waals surface area contributed by atoms with Gasteiger partial charge in [-0.25, -0.2) is 9.97 Å². The maximum Gasteiger partial charge on any atom is 0.270 e. The van der Waals surface area contributed by atoms with Gasteiger partial charge in [-0.15, -0.1) is 10.2 Å². The number of rotatable bonds is 3. The molecule has 3 heterocycles. The zero-order chi connectivity index (χ0) is 17.9. The van der Waals surface area contributed by atoms with Crippen molar-refractivity contribution >= 4 is 5.82 Å². The second-order valence-corrected chi connectivity index (χ2v) is 5.30. The van der Waals surface area contributed by atoms with E-state index in [-0.39, 0.29) is 20.3 Å². The third kappa shape index (κ3) is 2.74. The molecule has 0 saturated carbocycles. The topological polar surface area (TPSA) is 127 Å². The first kappa shape index (κ1) is 15.4. The summed E-state index contributed by atoms with van der Waals surface area (Å²) >= 11 is 0. The van der Waals surface area contributed by atoms with Gasteiger partial charge in [-0.05, 0) is 18.2 Å². The van der Waals surface area contributed by atoms with Gasteiger partial charge in [-0.1, -0.05) is 18.2 Å². The molecule has 3 aromatic heterocycles. The molecule has 4 aromatic rings. The average Bonchev–Trinajstić information content (AvgIpc) is 3.19. The van der Waals surface area contributed by atoms with Crippen LogP contribution in [0.1, 0.15) is 8.42 Å². The van der Waals surface area contributed by atoms with Gasteiger partial charge in [0.05, 0.1) is 17.5 Å². The Morgan fingerprint density at radius 3 is 2.65 bits per heavy atom.